The summed E-state index contributed by atoms with van der Waals surface area (Å²) in [6.07, 6.45) is 6.26. The molecule has 1 unspecified atom stereocenters. The fraction of sp³-hybridized carbons (Fsp3) is 0.615. The quantitative estimate of drug-likeness (QED) is 0.735. The molecule has 90 valence electrons. The zero-order chi connectivity index (χ0) is 11.8. The van der Waals surface area contributed by atoms with Crippen molar-refractivity contribution in [3.63, 3.8) is 0 Å². The number of pyridine rings is 1. The fourth-order valence-electron chi connectivity index (χ4n) is 1.96. The van der Waals surface area contributed by atoms with E-state index < -0.39 is 0 Å². The lowest BCUT2D eigenvalue weighted by Crippen LogP contribution is -2.26. The van der Waals surface area contributed by atoms with E-state index in [1.54, 1.807) is 0 Å². The molecule has 0 N–H and O–H groups in total. The average molecular weight is 238 g/mol. The molecule has 0 amide bonds. The SMILES string of the molecule is CCCC(CS)CN(C)Cc1cccnc1. The summed E-state index contributed by atoms with van der Waals surface area (Å²) in [6.45, 7) is 4.33. The van der Waals surface area contributed by atoms with E-state index in [0.717, 1.165) is 18.8 Å². The highest BCUT2D eigenvalue weighted by molar-refractivity contribution is 7.80. The summed E-state index contributed by atoms with van der Waals surface area (Å²) in [5.41, 5.74) is 1.28. The Kier molecular flexibility index (Phi) is 6.50. The maximum atomic E-state index is 4.41. The van der Waals surface area contributed by atoms with Crippen molar-refractivity contribution in [1.29, 1.82) is 0 Å². The maximum Gasteiger partial charge on any atom is 0.0312 e. The molecule has 1 aromatic heterocycles. The summed E-state index contributed by atoms with van der Waals surface area (Å²) >= 11 is 4.41. The highest BCUT2D eigenvalue weighted by atomic mass is 32.1. The van der Waals surface area contributed by atoms with E-state index >= 15 is 0 Å². The van der Waals surface area contributed by atoms with Crippen LogP contribution < -0.4 is 0 Å². The van der Waals surface area contributed by atoms with Crippen LogP contribution in [0, 0.1) is 5.92 Å². The van der Waals surface area contributed by atoms with Crippen LogP contribution in [-0.4, -0.2) is 29.2 Å². The van der Waals surface area contributed by atoms with Crippen molar-refractivity contribution in [2.45, 2.75) is 26.3 Å². The Labute approximate surface area is 104 Å². The first-order valence-corrected chi connectivity index (χ1v) is 6.57. The summed E-state index contributed by atoms with van der Waals surface area (Å²) in [5, 5.41) is 0. The van der Waals surface area contributed by atoms with Gasteiger partial charge in [-0.25, -0.2) is 0 Å². The molecule has 0 saturated carbocycles. The van der Waals surface area contributed by atoms with Gasteiger partial charge >= 0.3 is 0 Å². The number of rotatable bonds is 7. The minimum atomic E-state index is 0.704. The summed E-state index contributed by atoms with van der Waals surface area (Å²) < 4.78 is 0. The molecule has 16 heavy (non-hydrogen) atoms. The van der Waals surface area contributed by atoms with Gasteiger partial charge in [0, 0.05) is 25.5 Å². The van der Waals surface area contributed by atoms with E-state index in [4.69, 9.17) is 0 Å². The Morgan fingerprint density at radius 2 is 2.31 bits per heavy atom. The molecule has 0 radical (unpaired) electrons. The van der Waals surface area contributed by atoms with E-state index in [1.165, 1.54) is 18.4 Å². The number of hydrogen-bond acceptors (Lipinski definition) is 3. The predicted octanol–water partition coefficient (Wildman–Crippen LogP) is 2.86. The Morgan fingerprint density at radius 3 is 2.88 bits per heavy atom. The minimum absolute atomic E-state index is 0.704. The molecule has 3 heteroatoms. The van der Waals surface area contributed by atoms with Gasteiger partial charge in [-0.3, -0.25) is 4.98 Å². The molecule has 0 bridgehead atoms. The molecular weight excluding hydrogens is 216 g/mol. The van der Waals surface area contributed by atoms with E-state index in [9.17, 15) is 0 Å². The van der Waals surface area contributed by atoms with E-state index in [1.807, 2.05) is 18.5 Å². The third-order valence-corrected chi connectivity index (χ3v) is 3.22. The van der Waals surface area contributed by atoms with Gasteiger partial charge in [0.25, 0.3) is 0 Å². The number of thiol groups is 1. The van der Waals surface area contributed by atoms with Crippen molar-refractivity contribution in [1.82, 2.24) is 9.88 Å². The monoisotopic (exact) mass is 238 g/mol. The molecule has 0 aliphatic rings. The predicted molar refractivity (Wildman–Crippen MR) is 72.8 cm³/mol. The number of nitrogens with zero attached hydrogens (tertiary/aromatic N) is 2. The summed E-state index contributed by atoms with van der Waals surface area (Å²) in [4.78, 5) is 6.49. The van der Waals surface area contributed by atoms with Crippen molar-refractivity contribution in [3.05, 3.63) is 30.1 Å². The molecule has 0 aliphatic carbocycles. The average Bonchev–Trinajstić information content (AvgIpc) is 2.29. The summed E-state index contributed by atoms with van der Waals surface area (Å²) in [7, 11) is 2.17. The van der Waals surface area contributed by atoms with Crippen molar-refractivity contribution in [2.24, 2.45) is 5.92 Å². The molecule has 1 atom stereocenters. The maximum absolute atomic E-state index is 4.41. The zero-order valence-corrected chi connectivity index (χ0v) is 11.2. The van der Waals surface area contributed by atoms with Gasteiger partial charge in [-0.1, -0.05) is 19.4 Å². The first-order chi connectivity index (χ1) is 7.76. The van der Waals surface area contributed by atoms with Crippen LogP contribution in [0.5, 0.6) is 0 Å². The molecule has 2 nitrogen and oxygen atoms in total. The molecule has 0 aliphatic heterocycles. The van der Waals surface area contributed by atoms with Crippen LogP contribution in [0.2, 0.25) is 0 Å². The first-order valence-electron chi connectivity index (χ1n) is 5.94. The second kappa shape index (κ2) is 7.69. The molecule has 0 spiro atoms. The third kappa shape index (κ3) is 4.99. The molecule has 0 fully saturated rings. The van der Waals surface area contributed by atoms with Gasteiger partial charge in [-0.2, -0.15) is 12.6 Å². The van der Waals surface area contributed by atoms with Crippen molar-refractivity contribution in [3.8, 4) is 0 Å². The lowest BCUT2D eigenvalue weighted by molar-refractivity contribution is 0.273. The van der Waals surface area contributed by atoms with Crippen LogP contribution in [0.3, 0.4) is 0 Å². The van der Waals surface area contributed by atoms with E-state index in [0.29, 0.717) is 5.92 Å². The third-order valence-electron chi connectivity index (χ3n) is 2.70. The van der Waals surface area contributed by atoms with Crippen molar-refractivity contribution < 1.29 is 0 Å². The molecule has 1 heterocycles. The van der Waals surface area contributed by atoms with Crippen LogP contribution in [-0.2, 0) is 6.54 Å². The van der Waals surface area contributed by atoms with Gasteiger partial charge < -0.3 is 4.90 Å². The topological polar surface area (TPSA) is 16.1 Å². The van der Waals surface area contributed by atoms with Gasteiger partial charge in [0.2, 0.25) is 0 Å². The highest BCUT2D eigenvalue weighted by Crippen LogP contribution is 2.11. The van der Waals surface area contributed by atoms with Gasteiger partial charge in [-0.15, -0.1) is 0 Å². The smallest absolute Gasteiger partial charge is 0.0312 e. The molecule has 0 saturated heterocycles. The van der Waals surface area contributed by atoms with Crippen LogP contribution in [0.4, 0.5) is 0 Å². The van der Waals surface area contributed by atoms with Crippen molar-refractivity contribution >= 4 is 12.6 Å². The molecule has 0 aromatic carbocycles. The molecular formula is C13H22N2S. The highest BCUT2D eigenvalue weighted by Gasteiger charge is 2.09. The minimum Gasteiger partial charge on any atom is -0.302 e. The van der Waals surface area contributed by atoms with Crippen LogP contribution in [0.15, 0.2) is 24.5 Å². The van der Waals surface area contributed by atoms with Crippen LogP contribution in [0.25, 0.3) is 0 Å². The van der Waals surface area contributed by atoms with Gasteiger partial charge in [0.1, 0.15) is 0 Å². The van der Waals surface area contributed by atoms with Gasteiger partial charge in [0.05, 0.1) is 0 Å². The van der Waals surface area contributed by atoms with Crippen LogP contribution in [0.1, 0.15) is 25.3 Å². The normalized spacial score (nSPS) is 13.0. The van der Waals surface area contributed by atoms with E-state index in [-0.39, 0.29) is 0 Å². The first kappa shape index (κ1) is 13.5. The lowest BCUT2D eigenvalue weighted by atomic mass is 10.1. The Morgan fingerprint density at radius 1 is 1.50 bits per heavy atom. The van der Waals surface area contributed by atoms with E-state index in [2.05, 4.69) is 42.6 Å². The van der Waals surface area contributed by atoms with Gasteiger partial charge in [0.15, 0.2) is 0 Å². The molecule has 1 rings (SSSR count). The Bertz CT molecular complexity index is 277. The Balaban J connectivity index is 2.37. The number of hydrogen-bond donors (Lipinski definition) is 1. The second-order valence-electron chi connectivity index (χ2n) is 4.40. The summed E-state index contributed by atoms with van der Waals surface area (Å²) in [6, 6.07) is 4.12. The summed E-state index contributed by atoms with van der Waals surface area (Å²) in [5.74, 6) is 1.68. The fourth-order valence-corrected chi connectivity index (χ4v) is 2.26. The largest absolute Gasteiger partial charge is 0.302 e. The zero-order valence-electron chi connectivity index (χ0n) is 10.3. The van der Waals surface area contributed by atoms with Crippen molar-refractivity contribution in [2.75, 3.05) is 19.3 Å². The standard InChI is InChI=1S/C13H22N2S/c1-3-5-13(11-16)10-15(2)9-12-6-4-7-14-8-12/h4,6-8,13,16H,3,5,9-11H2,1-2H3. The second-order valence-corrected chi connectivity index (χ2v) is 4.76. The van der Waals surface area contributed by atoms with Crippen LogP contribution >= 0.6 is 12.6 Å². The molecule has 1 aromatic rings. The lowest BCUT2D eigenvalue weighted by Gasteiger charge is -2.22. The number of aromatic nitrogens is 1. The Hall–Kier alpha value is -0.540. The van der Waals surface area contributed by atoms with Gasteiger partial charge in [-0.05, 0) is 36.8 Å².